The lowest BCUT2D eigenvalue weighted by molar-refractivity contribution is 1.22. The van der Waals surface area contributed by atoms with E-state index in [0.29, 0.717) is 16.3 Å². The average Bonchev–Trinajstić information content (AvgIpc) is 2.29. The third-order valence-electron chi connectivity index (χ3n) is 1.87. The fraction of sp³-hybridized carbons (Fsp3) is 0.250. The number of benzene rings is 1. The van der Waals surface area contributed by atoms with Crippen molar-refractivity contribution in [2.75, 3.05) is 23.4 Å². The van der Waals surface area contributed by atoms with Crippen LogP contribution in [0.1, 0.15) is 5.56 Å². The maximum Gasteiger partial charge on any atom is 0.103 e. The molecule has 0 heterocycles. The van der Waals surface area contributed by atoms with Crippen LogP contribution in [0.5, 0.6) is 0 Å². The van der Waals surface area contributed by atoms with Crippen molar-refractivity contribution in [1.82, 2.24) is 0 Å². The van der Waals surface area contributed by atoms with E-state index in [9.17, 15) is 0 Å². The number of terminal acetylenes is 1. The molecule has 0 radical (unpaired) electrons. The Bertz CT molecular complexity index is 432. The summed E-state index contributed by atoms with van der Waals surface area (Å²) in [6.07, 6.45) is 5.14. The molecule has 0 aromatic heterocycles. The zero-order chi connectivity index (χ0) is 11.8. The van der Waals surface area contributed by atoms with E-state index in [0.717, 1.165) is 18.0 Å². The molecule has 16 heavy (non-hydrogen) atoms. The molecule has 1 aromatic carbocycles. The highest BCUT2D eigenvalue weighted by Gasteiger charge is 2.04. The van der Waals surface area contributed by atoms with Gasteiger partial charge in [0.2, 0.25) is 0 Å². The lowest BCUT2D eigenvalue weighted by Gasteiger charge is -2.08. The summed E-state index contributed by atoms with van der Waals surface area (Å²) in [5.74, 6) is 4.17. The third-order valence-corrected chi connectivity index (χ3v) is 3.05. The highest BCUT2D eigenvalue weighted by Crippen LogP contribution is 2.23. The molecule has 0 aliphatic heterocycles. The van der Waals surface area contributed by atoms with Gasteiger partial charge in [0.05, 0.1) is 22.0 Å². The number of hydrogen-bond acceptors (Lipinski definition) is 3. The summed E-state index contributed by atoms with van der Waals surface area (Å²) in [6, 6.07) is 7.45. The Labute approximate surface area is 105 Å². The normalized spacial score (nSPS) is 9.19. The SMILES string of the molecule is C#CCSCCNc1cccc(Cl)c1C#N. The van der Waals surface area contributed by atoms with Gasteiger partial charge in [-0.3, -0.25) is 0 Å². The van der Waals surface area contributed by atoms with Crippen LogP contribution in [0.2, 0.25) is 5.02 Å². The van der Waals surface area contributed by atoms with Gasteiger partial charge in [0.25, 0.3) is 0 Å². The van der Waals surface area contributed by atoms with Crippen LogP contribution in [-0.4, -0.2) is 18.1 Å². The van der Waals surface area contributed by atoms with Gasteiger partial charge < -0.3 is 5.32 Å². The Morgan fingerprint density at radius 3 is 3.00 bits per heavy atom. The summed E-state index contributed by atoms with van der Waals surface area (Å²) in [4.78, 5) is 0. The first-order chi connectivity index (χ1) is 7.79. The molecule has 0 fully saturated rings. The first kappa shape index (κ1) is 12.8. The van der Waals surface area contributed by atoms with Crippen molar-refractivity contribution in [3.05, 3.63) is 28.8 Å². The molecular weight excluding hydrogens is 240 g/mol. The number of anilines is 1. The Morgan fingerprint density at radius 1 is 1.50 bits per heavy atom. The van der Waals surface area contributed by atoms with Crippen LogP contribution in [0, 0.1) is 23.7 Å². The van der Waals surface area contributed by atoms with Crippen molar-refractivity contribution in [2.24, 2.45) is 0 Å². The van der Waals surface area contributed by atoms with E-state index in [-0.39, 0.29) is 0 Å². The van der Waals surface area contributed by atoms with Crippen LogP contribution in [0.25, 0.3) is 0 Å². The predicted molar refractivity (Wildman–Crippen MR) is 70.8 cm³/mol. The molecule has 4 heteroatoms. The minimum atomic E-state index is 0.476. The van der Waals surface area contributed by atoms with Crippen molar-refractivity contribution in [3.8, 4) is 18.4 Å². The van der Waals surface area contributed by atoms with E-state index in [2.05, 4.69) is 17.3 Å². The zero-order valence-electron chi connectivity index (χ0n) is 8.66. The topological polar surface area (TPSA) is 35.8 Å². The molecule has 0 amide bonds. The number of rotatable bonds is 5. The van der Waals surface area contributed by atoms with E-state index in [1.54, 1.807) is 17.8 Å². The lowest BCUT2D eigenvalue weighted by atomic mass is 10.2. The van der Waals surface area contributed by atoms with E-state index >= 15 is 0 Å². The fourth-order valence-electron chi connectivity index (χ4n) is 1.17. The molecule has 0 unspecified atom stereocenters. The van der Waals surface area contributed by atoms with Crippen LogP contribution in [0.3, 0.4) is 0 Å². The Balaban J connectivity index is 2.52. The highest BCUT2D eigenvalue weighted by atomic mass is 35.5. The van der Waals surface area contributed by atoms with Gasteiger partial charge in [-0.15, -0.1) is 18.2 Å². The molecule has 0 saturated heterocycles. The molecule has 1 aromatic rings. The smallest absolute Gasteiger partial charge is 0.103 e. The summed E-state index contributed by atoms with van der Waals surface area (Å²) in [6.45, 7) is 0.765. The van der Waals surface area contributed by atoms with E-state index in [4.69, 9.17) is 23.3 Å². The molecule has 0 spiro atoms. The second kappa shape index (κ2) is 7.06. The van der Waals surface area contributed by atoms with E-state index in [1.165, 1.54) is 0 Å². The standard InChI is InChI=1S/C12H11ClN2S/c1-2-7-16-8-6-15-12-5-3-4-11(13)10(12)9-14/h1,3-5,15H,6-8H2. The van der Waals surface area contributed by atoms with Gasteiger partial charge in [-0.1, -0.05) is 23.6 Å². The summed E-state index contributed by atoms with van der Waals surface area (Å²) in [7, 11) is 0. The molecule has 2 nitrogen and oxygen atoms in total. The van der Waals surface area contributed by atoms with Gasteiger partial charge in [0.15, 0.2) is 0 Å². The number of nitriles is 1. The minimum absolute atomic E-state index is 0.476. The molecule has 0 saturated carbocycles. The van der Waals surface area contributed by atoms with Crippen LogP contribution >= 0.6 is 23.4 Å². The first-order valence-corrected chi connectivity index (χ1v) is 6.26. The average molecular weight is 251 g/mol. The van der Waals surface area contributed by atoms with Gasteiger partial charge in [-0.2, -0.15) is 5.26 Å². The zero-order valence-corrected chi connectivity index (χ0v) is 10.2. The monoisotopic (exact) mass is 250 g/mol. The summed E-state index contributed by atoms with van der Waals surface area (Å²) in [5, 5.41) is 12.6. The largest absolute Gasteiger partial charge is 0.383 e. The molecule has 1 rings (SSSR count). The van der Waals surface area contributed by atoms with Crippen molar-refractivity contribution in [2.45, 2.75) is 0 Å². The highest BCUT2D eigenvalue weighted by molar-refractivity contribution is 7.99. The van der Waals surface area contributed by atoms with Crippen LogP contribution in [0.4, 0.5) is 5.69 Å². The van der Waals surface area contributed by atoms with Crippen molar-refractivity contribution >= 4 is 29.1 Å². The van der Waals surface area contributed by atoms with Gasteiger partial charge in [0.1, 0.15) is 6.07 Å². The second-order valence-corrected chi connectivity index (χ2v) is 4.47. The van der Waals surface area contributed by atoms with Gasteiger partial charge in [0, 0.05) is 12.3 Å². The summed E-state index contributed by atoms with van der Waals surface area (Å²) < 4.78 is 0. The van der Waals surface area contributed by atoms with Gasteiger partial charge in [-0.05, 0) is 12.1 Å². The van der Waals surface area contributed by atoms with E-state index < -0.39 is 0 Å². The van der Waals surface area contributed by atoms with Crippen LogP contribution in [0.15, 0.2) is 18.2 Å². The number of thioether (sulfide) groups is 1. The summed E-state index contributed by atoms with van der Waals surface area (Å²) >= 11 is 7.57. The Morgan fingerprint density at radius 2 is 2.31 bits per heavy atom. The quantitative estimate of drug-likeness (QED) is 0.645. The van der Waals surface area contributed by atoms with Crippen molar-refractivity contribution in [3.63, 3.8) is 0 Å². The predicted octanol–water partition coefficient (Wildman–Crippen LogP) is 2.99. The number of nitrogens with zero attached hydrogens (tertiary/aromatic N) is 1. The number of halogens is 1. The second-order valence-electron chi connectivity index (χ2n) is 2.96. The molecule has 0 aliphatic carbocycles. The third kappa shape index (κ3) is 3.70. The molecular formula is C12H11ClN2S. The maximum absolute atomic E-state index is 8.93. The Hall–Kier alpha value is -1.29. The molecule has 0 atom stereocenters. The molecule has 1 N–H and O–H groups in total. The number of nitrogens with one attached hydrogen (secondary N) is 1. The molecule has 0 aliphatic rings. The maximum atomic E-state index is 8.93. The lowest BCUT2D eigenvalue weighted by Crippen LogP contribution is -2.05. The number of hydrogen-bond donors (Lipinski definition) is 1. The van der Waals surface area contributed by atoms with Gasteiger partial charge >= 0.3 is 0 Å². The summed E-state index contributed by atoms with van der Waals surface area (Å²) in [5.41, 5.74) is 1.27. The van der Waals surface area contributed by atoms with Crippen molar-refractivity contribution in [1.29, 1.82) is 5.26 Å². The van der Waals surface area contributed by atoms with Crippen LogP contribution < -0.4 is 5.32 Å². The fourth-order valence-corrected chi connectivity index (χ4v) is 1.90. The Kier molecular flexibility index (Phi) is 5.64. The first-order valence-electron chi connectivity index (χ1n) is 4.73. The minimum Gasteiger partial charge on any atom is -0.383 e. The molecule has 82 valence electrons. The molecule has 0 bridgehead atoms. The van der Waals surface area contributed by atoms with Crippen LogP contribution in [-0.2, 0) is 0 Å². The van der Waals surface area contributed by atoms with Crippen molar-refractivity contribution < 1.29 is 0 Å². The van der Waals surface area contributed by atoms with Gasteiger partial charge in [-0.25, -0.2) is 0 Å². The van der Waals surface area contributed by atoms with E-state index in [1.807, 2.05) is 12.1 Å².